The van der Waals surface area contributed by atoms with Crippen molar-refractivity contribution in [2.45, 2.75) is 25.4 Å². The molecule has 0 radical (unpaired) electrons. The Morgan fingerprint density at radius 3 is 2.76 bits per heavy atom. The van der Waals surface area contributed by atoms with Gasteiger partial charge >= 0.3 is 0 Å². The van der Waals surface area contributed by atoms with Crippen LogP contribution in [-0.2, 0) is 13.6 Å². The van der Waals surface area contributed by atoms with Crippen molar-refractivity contribution in [2.24, 2.45) is 18.5 Å². The number of piperidine rings is 1. The van der Waals surface area contributed by atoms with Gasteiger partial charge in [-0.05, 0) is 18.4 Å². The summed E-state index contributed by atoms with van der Waals surface area (Å²) in [5.74, 6) is 1.22. The summed E-state index contributed by atoms with van der Waals surface area (Å²) in [6.07, 6.45) is 2.01. The lowest BCUT2D eigenvalue weighted by Gasteiger charge is -2.31. The van der Waals surface area contributed by atoms with E-state index in [9.17, 15) is 4.79 Å². The highest BCUT2D eigenvalue weighted by Crippen LogP contribution is 2.24. The fourth-order valence-electron chi connectivity index (χ4n) is 3.84. The molecule has 3 aromatic rings. The van der Waals surface area contributed by atoms with Gasteiger partial charge in [-0.15, -0.1) is 0 Å². The van der Waals surface area contributed by atoms with Crippen molar-refractivity contribution in [2.75, 3.05) is 36.4 Å². The van der Waals surface area contributed by atoms with Crippen LogP contribution in [0, 0.1) is 0 Å². The molecule has 5 N–H and O–H groups in total. The molecule has 0 amide bonds. The second kappa shape index (κ2) is 8.22. The van der Waals surface area contributed by atoms with Crippen molar-refractivity contribution < 1.29 is 0 Å². The van der Waals surface area contributed by atoms with Crippen LogP contribution < -0.4 is 27.2 Å². The number of anilines is 2. The summed E-state index contributed by atoms with van der Waals surface area (Å²) in [5.41, 5.74) is 13.7. The van der Waals surface area contributed by atoms with Crippen LogP contribution in [0.2, 0.25) is 0 Å². The number of nitrogens with one attached hydrogen (secondary N) is 1. The molecule has 1 aliphatic heterocycles. The number of nitrogens with zero attached hydrogens (tertiary/aromatic N) is 5. The molecule has 154 valence electrons. The average molecular weight is 396 g/mol. The molecule has 9 nitrogen and oxygen atoms in total. The Morgan fingerprint density at radius 2 is 2.03 bits per heavy atom. The first-order valence-electron chi connectivity index (χ1n) is 10.0. The number of rotatable bonds is 6. The Morgan fingerprint density at radius 1 is 1.24 bits per heavy atom. The first-order valence-corrected chi connectivity index (χ1v) is 10.0. The Labute approximate surface area is 169 Å². The quantitative estimate of drug-likeness (QED) is 0.554. The molecular formula is C20H28N8O. The molecule has 0 saturated carbocycles. The number of nitrogens with two attached hydrogens (primary N) is 2. The van der Waals surface area contributed by atoms with Gasteiger partial charge in [0.1, 0.15) is 0 Å². The van der Waals surface area contributed by atoms with Crippen molar-refractivity contribution in [3.05, 3.63) is 46.2 Å². The van der Waals surface area contributed by atoms with Gasteiger partial charge in [0.2, 0.25) is 11.9 Å². The van der Waals surface area contributed by atoms with Crippen molar-refractivity contribution in [1.82, 2.24) is 19.1 Å². The lowest BCUT2D eigenvalue weighted by Crippen LogP contribution is -2.44. The first-order chi connectivity index (χ1) is 14.1. The SMILES string of the molecule is Cn1c(NCCN)nc2nc(N3CCCC(N)C3)n(Cc3ccccc3)c2c1=O. The van der Waals surface area contributed by atoms with Gasteiger partial charge in [-0.1, -0.05) is 30.3 Å². The maximum Gasteiger partial charge on any atom is 0.281 e. The molecule has 1 aromatic carbocycles. The summed E-state index contributed by atoms with van der Waals surface area (Å²) in [4.78, 5) is 24.8. The minimum Gasteiger partial charge on any atom is -0.354 e. The summed E-state index contributed by atoms with van der Waals surface area (Å²) < 4.78 is 3.50. The number of hydrogen-bond acceptors (Lipinski definition) is 7. The molecule has 1 saturated heterocycles. The van der Waals surface area contributed by atoms with Gasteiger partial charge in [0.25, 0.3) is 5.56 Å². The lowest BCUT2D eigenvalue weighted by molar-refractivity contribution is 0.495. The van der Waals surface area contributed by atoms with E-state index < -0.39 is 0 Å². The Hall–Kier alpha value is -2.91. The third-order valence-electron chi connectivity index (χ3n) is 5.32. The Kier molecular flexibility index (Phi) is 5.50. The van der Waals surface area contributed by atoms with Gasteiger partial charge in [0.15, 0.2) is 11.2 Å². The van der Waals surface area contributed by atoms with Gasteiger partial charge in [-0.25, -0.2) is 0 Å². The van der Waals surface area contributed by atoms with Crippen molar-refractivity contribution in [3.63, 3.8) is 0 Å². The predicted octanol–water partition coefficient (Wildman–Crippen LogP) is 0.476. The molecule has 1 fully saturated rings. The predicted molar refractivity (Wildman–Crippen MR) is 115 cm³/mol. The molecule has 9 heteroatoms. The van der Waals surface area contributed by atoms with Gasteiger partial charge in [0.05, 0.1) is 6.54 Å². The van der Waals surface area contributed by atoms with Crippen molar-refractivity contribution >= 4 is 23.1 Å². The van der Waals surface area contributed by atoms with Crippen molar-refractivity contribution in [3.8, 4) is 0 Å². The van der Waals surface area contributed by atoms with Gasteiger partial charge in [-0.2, -0.15) is 9.97 Å². The van der Waals surface area contributed by atoms with Crippen molar-refractivity contribution in [1.29, 1.82) is 0 Å². The van der Waals surface area contributed by atoms with Gasteiger partial charge in [0, 0.05) is 39.3 Å². The largest absolute Gasteiger partial charge is 0.354 e. The molecule has 1 unspecified atom stereocenters. The van der Waals surface area contributed by atoms with E-state index in [1.165, 1.54) is 4.57 Å². The first kappa shape index (κ1) is 19.4. The monoisotopic (exact) mass is 396 g/mol. The molecular weight excluding hydrogens is 368 g/mol. The molecule has 2 aromatic heterocycles. The van der Waals surface area contributed by atoms with Crippen LogP contribution in [0.3, 0.4) is 0 Å². The van der Waals surface area contributed by atoms with Crippen LogP contribution >= 0.6 is 0 Å². The number of aromatic nitrogens is 4. The van der Waals surface area contributed by atoms with E-state index in [4.69, 9.17) is 16.5 Å². The van der Waals surface area contributed by atoms with E-state index in [2.05, 4.69) is 15.2 Å². The fraction of sp³-hybridized carbons (Fsp3) is 0.450. The zero-order valence-corrected chi connectivity index (χ0v) is 16.7. The third-order valence-corrected chi connectivity index (χ3v) is 5.32. The smallest absolute Gasteiger partial charge is 0.281 e. The highest BCUT2D eigenvalue weighted by molar-refractivity contribution is 5.75. The summed E-state index contributed by atoms with van der Waals surface area (Å²) in [6.45, 7) is 3.11. The standard InChI is InChI=1S/C20H28N8O/c1-26-18(29)16-17(24-19(26)23-10-9-21)25-20(27-11-5-8-15(22)13-27)28(16)12-14-6-3-2-4-7-14/h2-4,6-7,15H,5,8-13,21-22H2,1H3,(H,23,24). The third kappa shape index (κ3) is 3.83. The zero-order chi connectivity index (χ0) is 20.4. The number of hydrogen-bond donors (Lipinski definition) is 3. The summed E-state index contributed by atoms with van der Waals surface area (Å²) in [7, 11) is 1.71. The van der Waals surface area contributed by atoms with Crippen LogP contribution in [0.4, 0.5) is 11.9 Å². The molecule has 4 rings (SSSR count). The summed E-state index contributed by atoms with van der Waals surface area (Å²) >= 11 is 0. The zero-order valence-electron chi connectivity index (χ0n) is 16.7. The maximum atomic E-state index is 13.2. The van der Waals surface area contributed by atoms with Crippen LogP contribution in [0.1, 0.15) is 18.4 Å². The molecule has 1 aliphatic rings. The molecule has 3 heterocycles. The fourth-order valence-corrected chi connectivity index (χ4v) is 3.84. The van der Waals surface area contributed by atoms with E-state index in [0.29, 0.717) is 36.7 Å². The van der Waals surface area contributed by atoms with E-state index in [1.54, 1.807) is 7.05 Å². The van der Waals surface area contributed by atoms with Gasteiger partial charge in [-0.3, -0.25) is 13.9 Å². The maximum absolute atomic E-state index is 13.2. The minimum atomic E-state index is -0.134. The minimum absolute atomic E-state index is 0.103. The van der Waals surface area contributed by atoms with E-state index >= 15 is 0 Å². The Balaban J connectivity index is 1.86. The molecule has 0 bridgehead atoms. The van der Waals surface area contributed by atoms with E-state index in [0.717, 1.165) is 37.4 Å². The number of imidazole rings is 1. The van der Waals surface area contributed by atoms with Crippen LogP contribution in [0.15, 0.2) is 35.1 Å². The lowest BCUT2D eigenvalue weighted by atomic mass is 10.1. The highest BCUT2D eigenvalue weighted by Gasteiger charge is 2.25. The topological polar surface area (TPSA) is 120 Å². The van der Waals surface area contributed by atoms with Gasteiger partial charge < -0.3 is 21.7 Å². The number of benzene rings is 1. The summed E-state index contributed by atoms with van der Waals surface area (Å²) in [6, 6.07) is 10.2. The van der Waals surface area contributed by atoms with E-state index in [-0.39, 0.29) is 11.6 Å². The van der Waals surface area contributed by atoms with Crippen LogP contribution in [0.25, 0.3) is 11.2 Å². The summed E-state index contributed by atoms with van der Waals surface area (Å²) in [5, 5.41) is 3.10. The highest BCUT2D eigenvalue weighted by atomic mass is 16.1. The average Bonchev–Trinajstić information content (AvgIpc) is 3.08. The molecule has 29 heavy (non-hydrogen) atoms. The normalized spacial score (nSPS) is 17.1. The van der Waals surface area contributed by atoms with E-state index in [1.807, 2.05) is 34.9 Å². The van der Waals surface area contributed by atoms with Crippen LogP contribution in [0.5, 0.6) is 0 Å². The van der Waals surface area contributed by atoms with Crippen LogP contribution in [-0.4, -0.2) is 51.3 Å². The second-order valence-electron chi connectivity index (χ2n) is 7.52. The Bertz CT molecular complexity index is 1040. The second-order valence-corrected chi connectivity index (χ2v) is 7.52. The molecule has 0 aliphatic carbocycles. The molecule has 0 spiro atoms. The molecule has 1 atom stereocenters. The number of fused-ring (bicyclic) bond motifs is 1.